The number of carbonyl (C=O) groups excluding carboxylic acids is 1. The summed E-state index contributed by atoms with van der Waals surface area (Å²) in [7, 11) is 2.85. The highest BCUT2D eigenvalue weighted by atomic mass is 35.5. The van der Waals surface area contributed by atoms with Crippen LogP contribution < -0.4 is 24.4 Å². The van der Waals surface area contributed by atoms with E-state index in [0.29, 0.717) is 59.8 Å². The molecule has 9 heteroatoms. The lowest BCUT2D eigenvalue weighted by Gasteiger charge is -2.15. The Hall–Kier alpha value is -3.13. The smallest absolute Gasteiger partial charge is 0.427 e. The second-order valence-electron chi connectivity index (χ2n) is 5.83. The Morgan fingerprint density at radius 1 is 1.07 bits per heavy atom. The first-order chi connectivity index (χ1) is 14.6. The SMILES string of the molecule is CCOc1cc(/C=N\NC(=O)OC)cc(Cl)c1OCCCOc1ccccc1OC. The molecule has 0 bridgehead atoms. The number of para-hydroxylation sites is 2. The van der Waals surface area contributed by atoms with Gasteiger partial charge in [-0.2, -0.15) is 5.10 Å². The Morgan fingerprint density at radius 3 is 2.50 bits per heavy atom. The number of rotatable bonds is 11. The lowest BCUT2D eigenvalue weighted by molar-refractivity contribution is 0.171. The van der Waals surface area contributed by atoms with Gasteiger partial charge in [0.15, 0.2) is 23.0 Å². The Morgan fingerprint density at radius 2 is 1.80 bits per heavy atom. The van der Waals surface area contributed by atoms with Gasteiger partial charge in [-0.1, -0.05) is 23.7 Å². The van der Waals surface area contributed by atoms with E-state index in [-0.39, 0.29) is 0 Å². The topological polar surface area (TPSA) is 87.6 Å². The molecule has 1 amide bonds. The highest BCUT2D eigenvalue weighted by Gasteiger charge is 2.12. The van der Waals surface area contributed by atoms with Crippen LogP contribution in [-0.2, 0) is 4.74 Å². The highest BCUT2D eigenvalue weighted by Crippen LogP contribution is 2.36. The van der Waals surface area contributed by atoms with E-state index in [1.807, 2.05) is 31.2 Å². The standard InChI is InChI=1S/C21H25ClN2O6/c1-4-28-19-13-15(14-23-24-21(25)27-3)12-16(22)20(19)30-11-7-10-29-18-9-6-5-8-17(18)26-2/h5-6,8-9,12-14H,4,7,10-11H2,1-3H3,(H,24,25)/b23-14-. The summed E-state index contributed by atoms with van der Waals surface area (Å²) in [5, 5.41) is 4.15. The molecule has 2 aromatic carbocycles. The molecular formula is C21H25ClN2O6. The van der Waals surface area contributed by atoms with Crippen LogP contribution in [0, 0.1) is 0 Å². The van der Waals surface area contributed by atoms with Gasteiger partial charge in [0.25, 0.3) is 0 Å². The minimum Gasteiger partial charge on any atom is -0.493 e. The number of hydrazone groups is 1. The largest absolute Gasteiger partial charge is 0.493 e. The molecule has 0 atom stereocenters. The van der Waals surface area contributed by atoms with Crippen LogP contribution in [0.3, 0.4) is 0 Å². The van der Waals surface area contributed by atoms with Gasteiger partial charge in [0.1, 0.15) is 0 Å². The van der Waals surface area contributed by atoms with Crippen LogP contribution in [0.4, 0.5) is 4.79 Å². The van der Waals surface area contributed by atoms with Gasteiger partial charge in [-0.05, 0) is 36.8 Å². The number of nitrogens with one attached hydrogen (secondary N) is 1. The van der Waals surface area contributed by atoms with Gasteiger partial charge in [-0.3, -0.25) is 0 Å². The third-order valence-electron chi connectivity index (χ3n) is 3.75. The lowest BCUT2D eigenvalue weighted by atomic mass is 10.2. The third kappa shape index (κ3) is 7.04. The van der Waals surface area contributed by atoms with Crippen molar-refractivity contribution in [3.05, 3.63) is 47.0 Å². The fraction of sp³-hybridized carbons (Fsp3) is 0.333. The summed E-state index contributed by atoms with van der Waals surface area (Å²) < 4.78 is 26.9. The molecule has 2 aromatic rings. The van der Waals surface area contributed by atoms with Crippen LogP contribution in [0.2, 0.25) is 5.02 Å². The molecule has 0 aliphatic heterocycles. The summed E-state index contributed by atoms with van der Waals surface area (Å²) >= 11 is 6.36. The molecule has 0 saturated carbocycles. The molecule has 0 heterocycles. The molecule has 0 radical (unpaired) electrons. The van der Waals surface area contributed by atoms with Gasteiger partial charge in [0.05, 0.1) is 45.3 Å². The first kappa shape index (κ1) is 23.2. The Kier molecular flexibility index (Phi) is 9.60. The minimum atomic E-state index is -0.669. The maximum atomic E-state index is 11.1. The molecule has 1 N–H and O–H groups in total. The van der Waals surface area contributed by atoms with Gasteiger partial charge < -0.3 is 23.7 Å². The number of hydrogen-bond donors (Lipinski definition) is 1. The lowest BCUT2D eigenvalue weighted by Crippen LogP contribution is -2.16. The van der Waals surface area contributed by atoms with Crippen LogP contribution in [-0.4, -0.2) is 46.3 Å². The van der Waals surface area contributed by atoms with Gasteiger partial charge >= 0.3 is 6.09 Å². The maximum absolute atomic E-state index is 11.1. The molecule has 0 aliphatic carbocycles. The van der Waals surface area contributed by atoms with Gasteiger partial charge in [0.2, 0.25) is 0 Å². The van der Waals surface area contributed by atoms with Crippen molar-refractivity contribution < 1.29 is 28.5 Å². The molecule has 0 spiro atoms. The van der Waals surface area contributed by atoms with Crippen molar-refractivity contribution in [1.29, 1.82) is 0 Å². The van der Waals surface area contributed by atoms with Crippen molar-refractivity contribution in [3.8, 4) is 23.0 Å². The summed E-state index contributed by atoms with van der Waals surface area (Å²) in [6.07, 6.45) is 1.39. The van der Waals surface area contributed by atoms with Crippen molar-refractivity contribution in [3.63, 3.8) is 0 Å². The number of nitrogens with zero attached hydrogens (tertiary/aromatic N) is 1. The zero-order chi connectivity index (χ0) is 21.8. The summed E-state index contributed by atoms with van der Waals surface area (Å²) in [5.41, 5.74) is 2.84. The molecular weight excluding hydrogens is 412 g/mol. The number of hydrogen-bond acceptors (Lipinski definition) is 7. The van der Waals surface area contributed by atoms with E-state index in [2.05, 4.69) is 15.3 Å². The van der Waals surface area contributed by atoms with Crippen molar-refractivity contribution in [1.82, 2.24) is 5.43 Å². The first-order valence-electron chi connectivity index (χ1n) is 9.31. The zero-order valence-corrected chi connectivity index (χ0v) is 17.9. The monoisotopic (exact) mass is 436 g/mol. The second-order valence-corrected chi connectivity index (χ2v) is 6.23. The third-order valence-corrected chi connectivity index (χ3v) is 4.03. The highest BCUT2D eigenvalue weighted by molar-refractivity contribution is 6.32. The fourth-order valence-corrected chi connectivity index (χ4v) is 2.70. The summed E-state index contributed by atoms with van der Waals surface area (Å²) in [5.74, 6) is 2.28. The van der Waals surface area contributed by atoms with Crippen LogP contribution in [0.1, 0.15) is 18.9 Å². The maximum Gasteiger partial charge on any atom is 0.427 e. The summed E-state index contributed by atoms with van der Waals surface area (Å²) in [6, 6.07) is 10.8. The van der Waals surface area contributed by atoms with Crippen molar-refractivity contribution in [2.75, 3.05) is 34.0 Å². The van der Waals surface area contributed by atoms with E-state index in [1.54, 1.807) is 19.2 Å². The Balaban J connectivity index is 1.94. The minimum absolute atomic E-state index is 0.367. The molecule has 0 aromatic heterocycles. The number of halogens is 1. The number of benzene rings is 2. The molecule has 0 fully saturated rings. The molecule has 8 nitrogen and oxygen atoms in total. The van der Waals surface area contributed by atoms with E-state index in [1.165, 1.54) is 13.3 Å². The second kappa shape index (κ2) is 12.4. The number of amides is 1. The van der Waals surface area contributed by atoms with E-state index in [0.717, 1.165) is 0 Å². The predicted molar refractivity (Wildman–Crippen MR) is 114 cm³/mol. The molecule has 0 saturated heterocycles. The van der Waals surface area contributed by atoms with Crippen molar-refractivity contribution in [2.24, 2.45) is 5.10 Å². The Bertz CT molecular complexity index is 859. The van der Waals surface area contributed by atoms with Crippen LogP contribution in [0.25, 0.3) is 0 Å². The average Bonchev–Trinajstić information content (AvgIpc) is 2.75. The normalized spacial score (nSPS) is 10.5. The average molecular weight is 437 g/mol. The van der Waals surface area contributed by atoms with Crippen LogP contribution in [0.15, 0.2) is 41.5 Å². The number of methoxy groups -OCH3 is 2. The predicted octanol–water partition coefficient (Wildman–Crippen LogP) is 4.29. The van der Waals surface area contributed by atoms with E-state index < -0.39 is 6.09 Å². The van der Waals surface area contributed by atoms with Gasteiger partial charge in [-0.15, -0.1) is 0 Å². The van der Waals surface area contributed by atoms with Crippen LogP contribution in [0.5, 0.6) is 23.0 Å². The van der Waals surface area contributed by atoms with Crippen molar-refractivity contribution in [2.45, 2.75) is 13.3 Å². The fourth-order valence-electron chi connectivity index (χ4n) is 2.42. The molecule has 0 unspecified atom stereocenters. The molecule has 2 rings (SSSR count). The molecule has 0 aliphatic rings. The van der Waals surface area contributed by atoms with Gasteiger partial charge in [-0.25, -0.2) is 10.2 Å². The summed E-state index contributed by atoms with van der Waals surface area (Å²) in [4.78, 5) is 11.1. The van der Waals surface area contributed by atoms with E-state index >= 15 is 0 Å². The van der Waals surface area contributed by atoms with Gasteiger partial charge in [0, 0.05) is 6.42 Å². The number of ether oxygens (including phenoxy) is 5. The van der Waals surface area contributed by atoms with E-state index in [9.17, 15) is 4.79 Å². The molecule has 30 heavy (non-hydrogen) atoms. The number of carbonyl (C=O) groups is 1. The first-order valence-corrected chi connectivity index (χ1v) is 9.68. The quantitative estimate of drug-likeness (QED) is 0.321. The Labute approximate surface area is 180 Å². The van der Waals surface area contributed by atoms with Crippen molar-refractivity contribution >= 4 is 23.9 Å². The van der Waals surface area contributed by atoms with E-state index in [4.69, 9.17) is 30.5 Å². The summed E-state index contributed by atoms with van der Waals surface area (Å²) in [6.45, 7) is 3.13. The molecule has 162 valence electrons. The van der Waals surface area contributed by atoms with Crippen LogP contribution >= 0.6 is 11.6 Å². The zero-order valence-electron chi connectivity index (χ0n) is 17.1.